The number of thioether (sulfide) groups is 1. The summed E-state index contributed by atoms with van der Waals surface area (Å²) in [4.78, 5) is 18.1. The smallest absolute Gasteiger partial charge is 0.410 e. The lowest BCUT2D eigenvalue weighted by Gasteiger charge is -2.33. The van der Waals surface area contributed by atoms with Crippen molar-refractivity contribution in [3.8, 4) is 0 Å². The molecule has 2 aliphatic rings. The van der Waals surface area contributed by atoms with Crippen LogP contribution in [0.25, 0.3) is 0 Å². The van der Waals surface area contributed by atoms with Crippen LogP contribution < -0.4 is 0 Å². The Morgan fingerprint density at radius 2 is 1.79 bits per heavy atom. The van der Waals surface area contributed by atoms with E-state index in [-0.39, 0.29) is 6.09 Å². The Balaban J connectivity index is 1.24. The molecule has 0 radical (unpaired) electrons. The van der Waals surface area contributed by atoms with E-state index >= 15 is 0 Å². The van der Waals surface area contributed by atoms with E-state index in [1.165, 1.54) is 40.8 Å². The molecular weight excluding hydrogens is 440 g/mol. The molecule has 2 aromatic rings. The van der Waals surface area contributed by atoms with Crippen LogP contribution in [0.1, 0.15) is 63.1 Å². The first kappa shape index (κ1) is 25.1. The van der Waals surface area contributed by atoms with Gasteiger partial charge in [-0.2, -0.15) is 0 Å². The molecule has 2 heterocycles. The van der Waals surface area contributed by atoms with Gasteiger partial charge in [0.2, 0.25) is 0 Å². The molecule has 0 unspecified atom stereocenters. The summed E-state index contributed by atoms with van der Waals surface area (Å²) in [6.45, 7) is 10.7. The minimum atomic E-state index is -0.420. The third-order valence-corrected chi connectivity index (χ3v) is 7.83. The lowest BCUT2D eigenvalue weighted by atomic mass is 9.95. The molecule has 0 N–H and O–H groups in total. The Hall–Kier alpha value is -1.98. The van der Waals surface area contributed by atoms with Gasteiger partial charge in [-0.1, -0.05) is 36.4 Å². The number of nitrogens with zero attached hydrogens (tertiary/aromatic N) is 2. The van der Waals surface area contributed by atoms with Gasteiger partial charge in [0, 0.05) is 31.1 Å². The van der Waals surface area contributed by atoms with Gasteiger partial charge in [-0.3, -0.25) is 4.90 Å². The molecule has 0 bridgehead atoms. The fourth-order valence-corrected chi connectivity index (χ4v) is 6.02. The van der Waals surface area contributed by atoms with Crippen LogP contribution >= 0.6 is 11.8 Å². The Bertz CT molecular complexity index is 933. The highest BCUT2D eigenvalue weighted by atomic mass is 32.2. The van der Waals surface area contributed by atoms with E-state index in [1.54, 1.807) is 0 Å². The van der Waals surface area contributed by atoms with Crippen LogP contribution in [0.2, 0.25) is 0 Å². The van der Waals surface area contributed by atoms with Crippen molar-refractivity contribution in [1.29, 1.82) is 0 Å². The summed E-state index contributed by atoms with van der Waals surface area (Å²) < 4.78 is 5.53. The average Bonchev–Trinajstić information content (AvgIpc) is 3.00. The monoisotopic (exact) mass is 480 g/mol. The van der Waals surface area contributed by atoms with Gasteiger partial charge in [-0.05, 0) is 99.9 Å². The number of hydrogen-bond acceptors (Lipinski definition) is 4. The van der Waals surface area contributed by atoms with Crippen molar-refractivity contribution in [1.82, 2.24) is 9.80 Å². The maximum Gasteiger partial charge on any atom is 0.410 e. The first-order chi connectivity index (χ1) is 16.4. The van der Waals surface area contributed by atoms with Gasteiger partial charge in [0.25, 0.3) is 0 Å². The number of aryl methyl sites for hydroxylation is 1. The number of piperidine rings is 1. The zero-order valence-electron chi connectivity index (χ0n) is 21.1. The number of ether oxygens (including phenoxy) is 1. The van der Waals surface area contributed by atoms with Gasteiger partial charge in [0.15, 0.2) is 0 Å². The molecule has 2 aromatic carbocycles. The minimum absolute atomic E-state index is 0.161. The van der Waals surface area contributed by atoms with Crippen molar-refractivity contribution in [3.63, 3.8) is 0 Å². The molecule has 2 aliphatic heterocycles. The van der Waals surface area contributed by atoms with E-state index < -0.39 is 5.60 Å². The van der Waals surface area contributed by atoms with Crippen LogP contribution in [0.15, 0.2) is 53.4 Å². The second kappa shape index (κ2) is 11.6. The molecule has 4 nitrogen and oxygen atoms in total. The zero-order chi connectivity index (χ0) is 24.0. The summed E-state index contributed by atoms with van der Waals surface area (Å²) in [6, 6.07) is 18.0. The largest absolute Gasteiger partial charge is 0.444 e. The first-order valence-corrected chi connectivity index (χ1v) is 13.8. The predicted octanol–water partition coefficient (Wildman–Crippen LogP) is 6.76. The highest BCUT2D eigenvalue weighted by Crippen LogP contribution is 2.29. The van der Waals surface area contributed by atoms with E-state index in [4.69, 9.17) is 4.74 Å². The Morgan fingerprint density at radius 3 is 2.53 bits per heavy atom. The summed E-state index contributed by atoms with van der Waals surface area (Å²) in [5.74, 6) is 1.84. The molecule has 1 fully saturated rings. The van der Waals surface area contributed by atoms with Crippen molar-refractivity contribution >= 4 is 17.9 Å². The van der Waals surface area contributed by atoms with Crippen molar-refractivity contribution in [3.05, 3.63) is 65.2 Å². The summed E-state index contributed by atoms with van der Waals surface area (Å²) in [6.07, 6.45) is 5.63. The molecule has 34 heavy (non-hydrogen) atoms. The van der Waals surface area contributed by atoms with Crippen LogP contribution in [-0.4, -0.2) is 46.9 Å². The molecule has 184 valence electrons. The van der Waals surface area contributed by atoms with Gasteiger partial charge >= 0.3 is 6.09 Å². The van der Waals surface area contributed by atoms with E-state index in [0.717, 1.165) is 51.3 Å². The van der Waals surface area contributed by atoms with E-state index in [0.29, 0.717) is 5.92 Å². The number of hydrogen-bond donors (Lipinski definition) is 0. The summed E-state index contributed by atoms with van der Waals surface area (Å²) in [5.41, 5.74) is 4.00. The normalized spacial score (nSPS) is 17.8. The number of likely N-dealkylation sites (tertiary alicyclic amines) is 1. The van der Waals surface area contributed by atoms with Crippen molar-refractivity contribution in [2.24, 2.45) is 5.92 Å². The highest BCUT2D eigenvalue weighted by Gasteiger charge is 2.26. The second-order valence-corrected chi connectivity index (χ2v) is 11.9. The van der Waals surface area contributed by atoms with Gasteiger partial charge < -0.3 is 9.64 Å². The number of fused-ring (bicyclic) bond motifs is 1. The third-order valence-electron chi connectivity index (χ3n) is 6.80. The first-order valence-electron chi connectivity index (χ1n) is 12.8. The number of carbonyl (C=O) groups is 1. The average molecular weight is 481 g/mol. The van der Waals surface area contributed by atoms with Gasteiger partial charge in [0.05, 0.1) is 0 Å². The lowest BCUT2D eigenvalue weighted by Crippen LogP contribution is -2.41. The quantitative estimate of drug-likeness (QED) is 0.427. The van der Waals surface area contributed by atoms with Crippen LogP contribution in [-0.2, 0) is 24.2 Å². The van der Waals surface area contributed by atoms with Crippen molar-refractivity contribution in [2.75, 3.05) is 25.4 Å². The highest BCUT2D eigenvalue weighted by molar-refractivity contribution is 7.99. The fourth-order valence-electron chi connectivity index (χ4n) is 4.95. The topological polar surface area (TPSA) is 32.8 Å². The van der Waals surface area contributed by atoms with E-state index in [2.05, 4.69) is 53.4 Å². The maximum atomic E-state index is 12.3. The minimum Gasteiger partial charge on any atom is -0.444 e. The molecule has 0 spiro atoms. The van der Waals surface area contributed by atoms with Gasteiger partial charge in [0.1, 0.15) is 5.60 Å². The number of benzene rings is 2. The standard InChI is InChI=1S/C29H40N2O2S/c1-29(2,3)33-28(32)31-17-13-23(14-18-31)15-19-34-27-12-11-25-10-7-16-30(22-26(25)20-27)21-24-8-5-4-6-9-24/h4-6,8-9,11-12,20,23H,7,10,13-19,21-22H2,1-3H3. The molecule has 1 saturated heterocycles. The lowest BCUT2D eigenvalue weighted by molar-refractivity contribution is 0.0183. The second-order valence-electron chi connectivity index (χ2n) is 10.8. The van der Waals surface area contributed by atoms with Crippen LogP contribution in [0.3, 0.4) is 0 Å². The number of rotatable bonds is 6. The van der Waals surface area contributed by atoms with Crippen molar-refractivity contribution in [2.45, 2.75) is 76.5 Å². The summed E-state index contributed by atoms with van der Waals surface area (Å²) in [5, 5.41) is 0. The molecule has 0 aromatic heterocycles. The maximum absolute atomic E-state index is 12.3. The van der Waals surface area contributed by atoms with Crippen LogP contribution in [0, 0.1) is 5.92 Å². The van der Waals surface area contributed by atoms with Crippen molar-refractivity contribution < 1.29 is 9.53 Å². The molecule has 4 rings (SSSR count). The summed E-state index contributed by atoms with van der Waals surface area (Å²) in [7, 11) is 0. The molecule has 1 amide bonds. The molecule has 0 saturated carbocycles. The Kier molecular flexibility index (Phi) is 8.60. The number of amides is 1. The molecular formula is C29H40N2O2S. The SMILES string of the molecule is CC(C)(C)OC(=O)N1CCC(CCSc2ccc3c(c2)CN(Cc2ccccc2)CCC3)CC1. The summed E-state index contributed by atoms with van der Waals surface area (Å²) >= 11 is 1.99. The predicted molar refractivity (Wildman–Crippen MR) is 141 cm³/mol. The van der Waals surface area contributed by atoms with Crippen LogP contribution in [0.5, 0.6) is 0 Å². The molecule has 5 heteroatoms. The molecule has 0 atom stereocenters. The van der Waals surface area contributed by atoms with Crippen LogP contribution in [0.4, 0.5) is 4.79 Å². The number of carbonyl (C=O) groups excluding carboxylic acids is 1. The molecule has 0 aliphatic carbocycles. The fraction of sp³-hybridized carbons (Fsp3) is 0.552. The Morgan fingerprint density at radius 1 is 1.03 bits per heavy atom. The van der Waals surface area contributed by atoms with E-state index in [9.17, 15) is 4.79 Å². The van der Waals surface area contributed by atoms with E-state index in [1.807, 2.05) is 37.4 Å². The Labute approximate surface area is 210 Å². The van der Waals surface area contributed by atoms with Gasteiger partial charge in [-0.15, -0.1) is 11.8 Å². The van der Waals surface area contributed by atoms with Gasteiger partial charge in [-0.25, -0.2) is 4.79 Å². The third kappa shape index (κ3) is 7.51. The zero-order valence-corrected chi connectivity index (χ0v) is 21.9.